The first kappa shape index (κ1) is 19.0. The molecule has 0 bridgehead atoms. The molecule has 4 aromatic rings. The van der Waals surface area contributed by atoms with Crippen molar-refractivity contribution in [3.8, 4) is 33.5 Å². The topological polar surface area (TPSA) is 94.1 Å². The molecule has 8 nitrogen and oxygen atoms in total. The van der Waals surface area contributed by atoms with Crippen LogP contribution in [0.2, 0.25) is 0 Å². The van der Waals surface area contributed by atoms with Gasteiger partial charge in [-0.15, -0.1) is 22.7 Å². The summed E-state index contributed by atoms with van der Waals surface area (Å²) in [5, 5.41) is 14.4. The Bertz CT molecular complexity index is 1260. The van der Waals surface area contributed by atoms with Crippen molar-refractivity contribution in [3.63, 3.8) is 0 Å². The number of amides is 1. The van der Waals surface area contributed by atoms with E-state index in [0.29, 0.717) is 22.2 Å². The number of thiophene rings is 1. The van der Waals surface area contributed by atoms with Crippen molar-refractivity contribution in [1.29, 1.82) is 0 Å². The number of rotatable bonds is 6. The van der Waals surface area contributed by atoms with Crippen LogP contribution in [0.3, 0.4) is 0 Å². The van der Waals surface area contributed by atoms with Gasteiger partial charge in [-0.2, -0.15) is 5.10 Å². The monoisotopic (exact) mass is 457 g/mol. The van der Waals surface area contributed by atoms with Crippen LogP contribution in [0.25, 0.3) is 22.0 Å². The third-order valence-electron chi connectivity index (χ3n) is 4.48. The molecule has 0 radical (unpaired) electrons. The third-order valence-corrected chi connectivity index (χ3v) is 6.42. The maximum Gasteiger partial charge on any atom is 0.231 e. The van der Waals surface area contributed by atoms with Gasteiger partial charge in [-0.05, 0) is 41.9 Å². The first-order valence-electron chi connectivity index (χ1n) is 9.02. The number of carbonyl (C=O) groups excluding carboxylic acids is 1. The molecule has 0 spiro atoms. The van der Waals surface area contributed by atoms with Gasteiger partial charge < -0.3 is 14.8 Å². The van der Waals surface area contributed by atoms with Gasteiger partial charge in [0.15, 0.2) is 27.2 Å². The molecule has 0 unspecified atom stereocenters. The smallest absolute Gasteiger partial charge is 0.231 e. The molecule has 4 heterocycles. The Morgan fingerprint density at radius 1 is 1.27 bits per heavy atom. The molecule has 1 aromatic carbocycles. The van der Waals surface area contributed by atoms with Crippen molar-refractivity contribution in [3.05, 3.63) is 45.9 Å². The summed E-state index contributed by atoms with van der Waals surface area (Å²) in [5.74, 6) is 2.02. The van der Waals surface area contributed by atoms with Crippen LogP contribution in [0.1, 0.15) is 6.42 Å². The Morgan fingerprint density at radius 2 is 2.17 bits per heavy atom. The Labute approximate surface area is 184 Å². The highest BCUT2D eigenvalue weighted by atomic mass is 32.1. The van der Waals surface area contributed by atoms with Crippen LogP contribution < -0.4 is 14.8 Å². The molecule has 1 amide bonds. The number of carbonyl (C=O) groups is 1. The molecule has 3 aromatic heterocycles. The number of aromatic nitrogens is 4. The zero-order valence-corrected chi connectivity index (χ0v) is 17.9. The lowest BCUT2D eigenvalue weighted by Crippen LogP contribution is -2.14. The van der Waals surface area contributed by atoms with Gasteiger partial charge in [-0.25, -0.2) is 4.98 Å². The predicted molar refractivity (Wildman–Crippen MR) is 118 cm³/mol. The summed E-state index contributed by atoms with van der Waals surface area (Å²) in [6.07, 6.45) is 0.255. The number of anilines is 1. The van der Waals surface area contributed by atoms with Gasteiger partial charge in [-0.3, -0.25) is 14.5 Å². The van der Waals surface area contributed by atoms with Crippen molar-refractivity contribution in [1.82, 2.24) is 19.7 Å². The number of fused-ring (bicyclic) bond motifs is 1. The minimum absolute atomic E-state index is 0.137. The lowest BCUT2D eigenvalue weighted by Gasteiger charge is -2.05. The highest BCUT2D eigenvalue weighted by Crippen LogP contribution is 2.36. The van der Waals surface area contributed by atoms with E-state index in [1.807, 2.05) is 45.7 Å². The molecule has 0 aliphatic carbocycles. The average Bonchev–Trinajstić information content (AvgIpc) is 3.53. The van der Waals surface area contributed by atoms with Crippen molar-refractivity contribution < 1.29 is 14.3 Å². The van der Waals surface area contributed by atoms with E-state index in [-0.39, 0.29) is 19.1 Å². The Balaban J connectivity index is 1.24. The number of nitrogens with one attached hydrogen (secondary N) is 2. The number of hydrogen-bond donors (Lipinski definition) is 2. The zero-order valence-electron chi connectivity index (χ0n) is 15.5. The molecule has 0 atom stereocenters. The number of H-pyrrole nitrogens is 1. The molecule has 5 rings (SSSR count). The number of aromatic amines is 1. The van der Waals surface area contributed by atoms with Crippen LogP contribution >= 0.6 is 34.9 Å². The summed E-state index contributed by atoms with van der Waals surface area (Å²) in [6, 6.07) is 9.58. The minimum atomic E-state index is -0.137. The third kappa shape index (κ3) is 3.74. The second-order valence-electron chi connectivity index (χ2n) is 6.39. The Morgan fingerprint density at radius 3 is 3.03 bits per heavy atom. The molecule has 0 fully saturated rings. The Hall–Kier alpha value is -3.02. The molecule has 0 saturated carbocycles. The molecule has 1 aliphatic rings. The summed E-state index contributed by atoms with van der Waals surface area (Å²) in [7, 11) is 0. The van der Waals surface area contributed by atoms with Crippen LogP contribution in [0.15, 0.2) is 41.1 Å². The van der Waals surface area contributed by atoms with Crippen molar-refractivity contribution >= 4 is 45.9 Å². The normalized spacial score (nSPS) is 12.3. The van der Waals surface area contributed by atoms with Gasteiger partial charge in [0, 0.05) is 23.9 Å². The fourth-order valence-electron chi connectivity index (χ4n) is 3.03. The lowest BCUT2D eigenvalue weighted by atomic mass is 10.1. The summed E-state index contributed by atoms with van der Waals surface area (Å²) >= 11 is 8.26. The number of nitrogens with zero attached hydrogens (tertiary/aromatic N) is 3. The van der Waals surface area contributed by atoms with Gasteiger partial charge in [0.25, 0.3) is 0 Å². The fraction of sp³-hybridized carbons (Fsp3) is 0.158. The first-order valence-corrected chi connectivity index (χ1v) is 11.2. The van der Waals surface area contributed by atoms with Crippen LogP contribution in [0.5, 0.6) is 11.5 Å². The number of hydrogen-bond acceptors (Lipinski definition) is 8. The number of thiazole rings is 1. The maximum absolute atomic E-state index is 12.5. The highest BCUT2D eigenvalue weighted by molar-refractivity contribution is 7.71. The molecule has 1 aliphatic heterocycles. The fourth-order valence-corrected chi connectivity index (χ4v) is 4.72. The number of ether oxygens (including phenoxy) is 2. The molecular formula is C19H15N5O3S3. The average molecular weight is 458 g/mol. The van der Waals surface area contributed by atoms with E-state index >= 15 is 0 Å². The van der Waals surface area contributed by atoms with Gasteiger partial charge in [-0.1, -0.05) is 6.07 Å². The largest absolute Gasteiger partial charge is 0.454 e. The second-order valence-corrected chi connectivity index (χ2v) is 8.58. The van der Waals surface area contributed by atoms with E-state index in [0.717, 1.165) is 27.7 Å². The quantitative estimate of drug-likeness (QED) is 0.413. The molecule has 11 heteroatoms. The minimum Gasteiger partial charge on any atom is -0.454 e. The van der Waals surface area contributed by atoms with Crippen LogP contribution in [-0.4, -0.2) is 32.4 Å². The van der Waals surface area contributed by atoms with Gasteiger partial charge in [0.2, 0.25) is 12.7 Å². The van der Waals surface area contributed by atoms with E-state index in [4.69, 9.17) is 21.7 Å². The second kappa shape index (κ2) is 8.01. The van der Waals surface area contributed by atoms with Gasteiger partial charge >= 0.3 is 0 Å². The van der Waals surface area contributed by atoms with Crippen LogP contribution in [-0.2, 0) is 11.3 Å². The summed E-state index contributed by atoms with van der Waals surface area (Å²) in [6.45, 7) is 0.654. The van der Waals surface area contributed by atoms with Crippen molar-refractivity contribution in [2.24, 2.45) is 0 Å². The highest BCUT2D eigenvalue weighted by Gasteiger charge is 2.16. The summed E-state index contributed by atoms with van der Waals surface area (Å²) in [4.78, 5) is 18.0. The number of benzene rings is 1. The molecule has 2 N–H and O–H groups in total. The molecule has 152 valence electrons. The van der Waals surface area contributed by atoms with E-state index in [1.54, 1.807) is 11.3 Å². The molecular weight excluding hydrogens is 442 g/mol. The summed E-state index contributed by atoms with van der Waals surface area (Å²) in [5.41, 5.74) is 1.67. The SMILES string of the molecule is O=C(CCn1c(-c2cccs2)n[nH]c1=S)Nc1nc(-c2ccc3c(c2)OCO3)cs1. The van der Waals surface area contributed by atoms with E-state index < -0.39 is 0 Å². The first-order chi connectivity index (χ1) is 14.7. The van der Waals surface area contributed by atoms with Gasteiger partial charge in [0.05, 0.1) is 10.6 Å². The van der Waals surface area contributed by atoms with E-state index in [9.17, 15) is 4.79 Å². The van der Waals surface area contributed by atoms with Crippen molar-refractivity contribution in [2.75, 3.05) is 12.1 Å². The van der Waals surface area contributed by atoms with E-state index in [2.05, 4.69) is 20.5 Å². The standard InChI is InChI=1S/C19H15N5O3S3/c25-16(5-6-24-17(22-23-19(24)28)15-2-1-7-29-15)21-18-20-12(9-30-18)11-3-4-13-14(8-11)27-10-26-13/h1-4,7-9H,5-6,10H2,(H,23,28)(H,20,21,25). The maximum atomic E-state index is 12.5. The Kier molecular flexibility index (Phi) is 5.07. The van der Waals surface area contributed by atoms with Crippen LogP contribution in [0.4, 0.5) is 5.13 Å². The van der Waals surface area contributed by atoms with Gasteiger partial charge in [0.1, 0.15) is 0 Å². The lowest BCUT2D eigenvalue weighted by molar-refractivity contribution is -0.116. The predicted octanol–water partition coefficient (Wildman–Crippen LogP) is 4.55. The summed E-state index contributed by atoms with van der Waals surface area (Å²) < 4.78 is 13.1. The van der Waals surface area contributed by atoms with Crippen LogP contribution in [0, 0.1) is 4.77 Å². The van der Waals surface area contributed by atoms with Crippen molar-refractivity contribution in [2.45, 2.75) is 13.0 Å². The van der Waals surface area contributed by atoms with E-state index in [1.165, 1.54) is 11.3 Å². The molecule has 30 heavy (non-hydrogen) atoms. The molecule has 0 saturated heterocycles. The zero-order chi connectivity index (χ0) is 20.5.